The van der Waals surface area contributed by atoms with Crippen LogP contribution in [0.2, 0.25) is 0 Å². The molecule has 3 rings (SSSR count). The Kier molecular flexibility index (Phi) is 6.23. The van der Waals surface area contributed by atoms with Crippen LogP contribution in [0.3, 0.4) is 0 Å². The van der Waals surface area contributed by atoms with Gasteiger partial charge in [-0.25, -0.2) is 9.50 Å². The number of hydrogen-bond acceptors (Lipinski definition) is 5. The van der Waals surface area contributed by atoms with Gasteiger partial charge in [0.25, 0.3) is 17.5 Å². The highest BCUT2D eigenvalue weighted by molar-refractivity contribution is 5.94. The van der Waals surface area contributed by atoms with Gasteiger partial charge in [0, 0.05) is 37.0 Å². The molecule has 0 atom stereocenters. The Morgan fingerprint density at radius 2 is 1.90 bits per heavy atom. The van der Waals surface area contributed by atoms with Gasteiger partial charge >= 0.3 is 6.18 Å². The van der Waals surface area contributed by atoms with Gasteiger partial charge < -0.3 is 10.6 Å². The van der Waals surface area contributed by atoms with Crippen molar-refractivity contribution in [2.24, 2.45) is 0 Å². The molecule has 31 heavy (non-hydrogen) atoms. The molecule has 0 bridgehead atoms. The Labute approximate surface area is 175 Å². The van der Waals surface area contributed by atoms with E-state index in [0.717, 1.165) is 10.1 Å². The van der Waals surface area contributed by atoms with Crippen molar-refractivity contribution in [3.05, 3.63) is 58.2 Å². The minimum Gasteiger partial charge on any atom is -0.355 e. The number of hydrogen-bond donors (Lipinski definition) is 2. The van der Waals surface area contributed by atoms with Gasteiger partial charge in [-0.15, -0.1) is 5.10 Å². The third kappa shape index (κ3) is 4.98. The Balaban J connectivity index is 1.67. The first-order chi connectivity index (χ1) is 14.6. The van der Waals surface area contributed by atoms with Crippen LogP contribution < -0.4 is 10.6 Å². The molecule has 11 heteroatoms. The lowest BCUT2D eigenvalue weighted by molar-refractivity contribution is -0.144. The second-order valence-electron chi connectivity index (χ2n) is 6.96. The zero-order valence-corrected chi connectivity index (χ0v) is 17.2. The molecule has 0 aliphatic carbocycles. The normalized spacial score (nSPS) is 11.5. The second-order valence-corrected chi connectivity index (χ2v) is 6.96. The van der Waals surface area contributed by atoms with Crippen LogP contribution >= 0.6 is 0 Å². The van der Waals surface area contributed by atoms with E-state index >= 15 is 0 Å². The maximum absolute atomic E-state index is 12.9. The lowest BCUT2D eigenvalue weighted by atomic mass is 10.1. The highest BCUT2D eigenvalue weighted by Gasteiger charge is 2.36. The van der Waals surface area contributed by atoms with Gasteiger partial charge in [0.1, 0.15) is 0 Å². The van der Waals surface area contributed by atoms with Crippen molar-refractivity contribution in [3.8, 4) is 0 Å². The van der Waals surface area contributed by atoms with Gasteiger partial charge in [-0.1, -0.05) is 12.1 Å². The molecule has 2 amide bonds. The average molecular weight is 434 g/mol. The maximum Gasteiger partial charge on any atom is 0.453 e. The first kappa shape index (κ1) is 22.2. The molecule has 2 aromatic heterocycles. The van der Waals surface area contributed by atoms with Crippen molar-refractivity contribution in [2.45, 2.75) is 39.4 Å². The van der Waals surface area contributed by atoms with Gasteiger partial charge in [-0.2, -0.15) is 18.2 Å². The highest BCUT2D eigenvalue weighted by Crippen LogP contribution is 2.27. The van der Waals surface area contributed by atoms with Crippen molar-refractivity contribution in [1.29, 1.82) is 0 Å². The Bertz CT molecular complexity index is 1140. The first-order valence-corrected chi connectivity index (χ1v) is 9.48. The van der Waals surface area contributed by atoms with Gasteiger partial charge in [0.2, 0.25) is 5.91 Å². The van der Waals surface area contributed by atoms with Crippen molar-refractivity contribution in [2.75, 3.05) is 7.05 Å². The van der Waals surface area contributed by atoms with Crippen LogP contribution in [0.1, 0.15) is 45.1 Å². The van der Waals surface area contributed by atoms with E-state index in [1.54, 1.807) is 38.1 Å². The predicted molar refractivity (Wildman–Crippen MR) is 105 cm³/mol. The molecule has 164 valence electrons. The van der Waals surface area contributed by atoms with Gasteiger partial charge in [0.15, 0.2) is 0 Å². The van der Waals surface area contributed by atoms with E-state index in [2.05, 4.69) is 25.7 Å². The van der Waals surface area contributed by atoms with E-state index in [0.29, 0.717) is 22.5 Å². The fourth-order valence-electron chi connectivity index (χ4n) is 3.18. The third-order valence-electron chi connectivity index (χ3n) is 4.81. The molecule has 0 fully saturated rings. The number of carbonyl (C=O) groups is 2. The fourth-order valence-corrected chi connectivity index (χ4v) is 3.18. The molecule has 0 spiro atoms. The standard InChI is InChI=1S/C20H21F3N6O2/c1-11-15(12(2)29-19(26-11)27-18(28-29)20(21,22)23)7-8-16(30)25-10-13-5-4-6-14(9-13)17(31)24-3/h4-6,9H,7-8,10H2,1-3H3,(H,24,31)(H,25,30). The number of nitrogens with one attached hydrogen (secondary N) is 2. The smallest absolute Gasteiger partial charge is 0.355 e. The monoisotopic (exact) mass is 434 g/mol. The van der Waals surface area contributed by atoms with Crippen molar-refractivity contribution in [1.82, 2.24) is 30.2 Å². The number of halogens is 3. The zero-order valence-electron chi connectivity index (χ0n) is 17.2. The molecule has 0 radical (unpaired) electrons. The maximum atomic E-state index is 12.9. The van der Waals surface area contributed by atoms with Gasteiger partial charge in [-0.05, 0) is 43.5 Å². The summed E-state index contributed by atoms with van der Waals surface area (Å²) in [6.45, 7) is 3.53. The molecule has 0 unspecified atom stereocenters. The number of aryl methyl sites for hydroxylation is 2. The molecule has 0 saturated carbocycles. The lowest BCUT2D eigenvalue weighted by Gasteiger charge is -2.11. The number of rotatable bonds is 6. The van der Waals surface area contributed by atoms with Crippen LogP contribution in [0.15, 0.2) is 24.3 Å². The van der Waals surface area contributed by atoms with Gasteiger partial charge in [0.05, 0.1) is 0 Å². The zero-order chi connectivity index (χ0) is 22.8. The average Bonchev–Trinajstić information content (AvgIpc) is 3.16. The number of benzene rings is 1. The number of amides is 2. The molecular formula is C20H21F3N6O2. The van der Waals surface area contributed by atoms with Crippen molar-refractivity contribution >= 4 is 17.6 Å². The van der Waals surface area contributed by atoms with E-state index in [-0.39, 0.29) is 37.0 Å². The summed E-state index contributed by atoms with van der Waals surface area (Å²) in [7, 11) is 1.54. The molecule has 0 aliphatic heterocycles. The number of aromatic nitrogens is 4. The summed E-state index contributed by atoms with van der Waals surface area (Å²) >= 11 is 0. The second kappa shape index (κ2) is 8.70. The molecule has 0 saturated heterocycles. The predicted octanol–water partition coefficient (Wildman–Crippen LogP) is 2.37. The number of nitrogens with zero attached hydrogens (tertiary/aromatic N) is 4. The summed E-state index contributed by atoms with van der Waals surface area (Å²) in [6.07, 6.45) is -4.26. The van der Waals surface area contributed by atoms with Crippen LogP contribution in [0, 0.1) is 13.8 Å². The lowest BCUT2D eigenvalue weighted by Crippen LogP contribution is -2.24. The Hall–Kier alpha value is -3.50. The third-order valence-corrected chi connectivity index (χ3v) is 4.81. The molecule has 3 aromatic rings. The van der Waals surface area contributed by atoms with Crippen LogP contribution in [0.5, 0.6) is 0 Å². The summed E-state index contributed by atoms with van der Waals surface area (Å²) in [6, 6.07) is 6.89. The summed E-state index contributed by atoms with van der Waals surface area (Å²) in [5, 5.41) is 8.82. The summed E-state index contributed by atoms with van der Waals surface area (Å²) in [4.78, 5) is 31.5. The van der Waals surface area contributed by atoms with Crippen LogP contribution in [0.25, 0.3) is 5.78 Å². The van der Waals surface area contributed by atoms with E-state index in [1.807, 2.05) is 0 Å². The number of alkyl halides is 3. The molecular weight excluding hydrogens is 413 g/mol. The van der Waals surface area contributed by atoms with E-state index in [1.165, 1.54) is 7.05 Å². The first-order valence-electron chi connectivity index (χ1n) is 9.48. The SMILES string of the molecule is CNC(=O)c1cccc(CNC(=O)CCc2c(C)nc3nc(C(F)(F)F)nn3c2C)c1. The molecule has 2 heterocycles. The minimum absolute atomic E-state index is 0.116. The van der Waals surface area contributed by atoms with E-state index in [4.69, 9.17) is 0 Å². The minimum atomic E-state index is -4.66. The van der Waals surface area contributed by atoms with Crippen LogP contribution in [-0.2, 0) is 23.9 Å². The largest absolute Gasteiger partial charge is 0.453 e. The summed E-state index contributed by atoms with van der Waals surface area (Å²) < 4.78 is 39.7. The molecule has 0 aliphatic rings. The van der Waals surface area contributed by atoms with Crippen LogP contribution in [0.4, 0.5) is 13.2 Å². The Morgan fingerprint density at radius 1 is 1.16 bits per heavy atom. The molecule has 1 aromatic carbocycles. The van der Waals surface area contributed by atoms with E-state index < -0.39 is 12.0 Å². The fraction of sp³-hybridized carbons (Fsp3) is 0.350. The molecule has 2 N–H and O–H groups in total. The van der Waals surface area contributed by atoms with Crippen molar-refractivity contribution < 1.29 is 22.8 Å². The summed E-state index contributed by atoms with van der Waals surface area (Å²) in [5.41, 5.74) is 2.86. The summed E-state index contributed by atoms with van der Waals surface area (Å²) in [5.74, 6) is -1.84. The van der Waals surface area contributed by atoms with Crippen LogP contribution in [-0.4, -0.2) is 38.4 Å². The molecule has 8 nitrogen and oxygen atoms in total. The number of carbonyl (C=O) groups excluding carboxylic acids is 2. The van der Waals surface area contributed by atoms with Crippen molar-refractivity contribution in [3.63, 3.8) is 0 Å². The number of fused-ring (bicyclic) bond motifs is 1. The van der Waals surface area contributed by atoms with E-state index in [9.17, 15) is 22.8 Å². The topological polar surface area (TPSA) is 101 Å². The van der Waals surface area contributed by atoms with Gasteiger partial charge in [-0.3, -0.25) is 9.59 Å². The quantitative estimate of drug-likeness (QED) is 0.620. The highest BCUT2D eigenvalue weighted by atomic mass is 19.4. The Morgan fingerprint density at radius 3 is 2.58 bits per heavy atom.